The molecular weight excluding hydrogens is 290 g/mol. The lowest BCUT2D eigenvalue weighted by Gasteiger charge is -2.35. The van der Waals surface area contributed by atoms with Crippen molar-refractivity contribution in [2.45, 2.75) is 37.8 Å². The average molecular weight is 317 g/mol. The molecule has 5 heteroatoms. The van der Waals surface area contributed by atoms with Gasteiger partial charge in [0.05, 0.1) is 6.10 Å². The van der Waals surface area contributed by atoms with Crippen LogP contribution in [0, 0.1) is 0 Å². The van der Waals surface area contributed by atoms with Gasteiger partial charge in [-0.3, -0.25) is 9.69 Å². The summed E-state index contributed by atoms with van der Waals surface area (Å²) in [5.41, 5.74) is 1.16. The number of amides is 1. The molecule has 126 valence electrons. The molecule has 0 radical (unpaired) electrons. The molecule has 0 saturated carbocycles. The molecule has 2 unspecified atom stereocenters. The number of aliphatic hydroxyl groups excluding tert-OH is 1. The third kappa shape index (κ3) is 4.69. The first-order valence-corrected chi connectivity index (χ1v) is 8.70. The lowest BCUT2D eigenvalue weighted by molar-refractivity contribution is -0.129. The molecule has 2 saturated heterocycles. The van der Waals surface area contributed by atoms with Crippen molar-refractivity contribution in [1.29, 1.82) is 0 Å². The van der Waals surface area contributed by atoms with Crippen molar-refractivity contribution < 1.29 is 9.90 Å². The number of para-hydroxylation sites is 1. The van der Waals surface area contributed by atoms with Crippen LogP contribution in [-0.4, -0.2) is 65.7 Å². The van der Waals surface area contributed by atoms with Crippen LogP contribution in [0.15, 0.2) is 30.3 Å². The van der Waals surface area contributed by atoms with Gasteiger partial charge < -0.3 is 15.3 Å². The van der Waals surface area contributed by atoms with Gasteiger partial charge in [-0.05, 0) is 37.9 Å². The number of piperidine rings is 1. The summed E-state index contributed by atoms with van der Waals surface area (Å²) in [4.78, 5) is 15.8. The molecule has 1 aromatic rings. The highest BCUT2D eigenvalue weighted by Crippen LogP contribution is 2.17. The first-order valence-electron chi connectivity index (χ1n) is 8.70. The maximum absolute atomic E-state index is 11.6. The van der Waals surface area contributed by atoms with Crippen molar-refractivity contribution in [2.75, 3.05) is 38.0 Å². The Morgan fingerprint density at radius 2 is 2.00 bits per heavy atom. The second kappa shape index (κ2) is 7.79. The number of nitrogens with zero attached hydrogens (tertiary/aromatic N) is 2. The summed E-state index contributed by atoms with van der Waals surface area (Å²) in [7, 11) is 0. The summed E-state index contributed by atoms with van der Waals surface area (Å²) in [6.07, 6.45) is 3.41. The van der Waals surface area contributed by atoms with Gasteiger partial charge in [-0.15, -0.1) is 0 Å². The number of carbonyl (C=O) groups is 1. The molecule has 5 nitrogen and oxygen atoms in total. The number of rotatable bonds is 6. The van der Waals surface area contributed by atoms with Gasteiger partial charge in [0.1, 0.15) is 0 Å². The molecule has 2 aliphatic rings. The number of benzene rings is 1. The molecular formula is C18H27N3O2. The van der Waals surface area contributed by atoms with E-state index in [9.17, 15) is 9.90 Å². The molecule has 23 heavy (non-hydrogen) atoms. The Balaban J connectivity index is 1.45. The smallest absolute Gasteiger partial charge is 0.222 e. The largest absolute Gasteiger partial charge is 0.390 e. The van der Waals surface area contributed by atoms with E-state index in [0.29, 0.717) is 25.6 Å². The lowest BCUT2D eigenvalue weighted by atomic mass is 10.0. The molecule has 3 rings (SSSR count). The van der Waals surface area contributed by atoms with Crippen molar-refractivity contribution in [3.05, 3.63) is 30.3 Å². The van der Waals surface area contributed by atoms with Crippen LogP contribution in [0.5, 0.6) is 0 Å². The minimum atomic E-state index is -0.451. The number of β-amino-alcohol motifs (C(OH)–C–C–N with tert-alkyl or cyclic N) is 1. The summed E-state index contributed by atoms with van der Waals surface area (Å²) in [6, 6.07) is 10.7. The minimum Gasteiger partial charge on any atom is -0.390 e. The predicted molar refractivity (Wildman–Crippen MR) is 91.3 cm³/mol. The van der Waals surface area contributed by atoms with Crippen LogP contribution >= 0.6 is 0 Å². The van der Waals surface area contributed by atoms with Crippen molar-refractivity contribution in [3.8, 4) is 0 Å². The van der Waals surface area contributed by atoms with Crippen LogP contribution < -0.4 is 5.32 Å². The summed E-state index contributed by atoms with van der Waals surface area (Å²) < 4.78 is 0. The Kier molecular flexibility index (Phi) is 5.51. The zero-order valence-corrected chi connectivity index (χ0v) is 13.7. The fraction of sp³-hybridized carbons (Fsp3) is 0.611. The SMILES string of the molecule is O=C1CCCN1CC(O)CN1CCCC(Nc2ccccc2)C1. The molecule has 0 bridgehead atoms. The fourth-order valence-electron chi connectivity index (χ4n) is 3.62. The van der Waals surface area contributed by atoms with Gasteiger partial charge in [-0.25, -0.2) is 0 Å². The highest BCUT2D eigenvalue weighted by Gasteiger charge is 2.25. The van der Waals surface area contributed by atoms with Gasteiger partial charge in [0.15, 0.2) is 0 Å². The van der Waals surface area contributed by atoms with E-state index in [4.69, 9.17) is 0 Å². The normalized spacial score (nSPS) is 24.0. The van der Waals surface area contributed by atoms with E-state index in [1.165, 1.54) is 0 Å². The van der Waals surface area contributed by atoms with E-state index in [2.05, 4.69) is 22.3 Å². The average Bonchev–Trinajstić information content (AvgIpc) is 2.93. The molecule has 1 amide bonds. The van der Waals surface area contributed by atoms with Crippen LogP contribution in [0.3, 0.4) is 0 Å². The highest BCUT2D eigenvalue weighted by atomic mass is 16.3. The van der Waals surface area contributed by atoms with Crippen LogP contribution in [0.1, 0.15) is 25.7 Å². The minimum absolute atomic E-state index is 0.186. The molecule has 0 aliphatic carbocycles. The van der Waals surface area contributed by atoms with Crippen molar-refractivity contribution in [3.63, 3.8) is 0 Å². The number of nitrogens with one attached hydrogen (secondary N) is 1. The predicted octanol–water partition coefficient (Wildman–Crippen LogP) is 1.55. The van der Waals surface area contributed by atoms with E-state index in [1.807, 2.05) is 18.2 Å². The zero-order valence-electron chi connectivity index (χ0n) is 13.7. The molecule has 2 N–H and O–H groups in total. The summed E-state index contributed by atoms with van der Waals surface area (Å²) in [6.45, 7) is 3.90. The number of likely N-dealkylation sites (tertiary alicyclic amines) is 2. The number of anilines is 1. The first-order chi connectivity index (χ1) is 11.2. The Labute approximate surface area is 138 Å². The van der Waals surface area contributed by atoms with Crippen molar-refractivity contribution in [2.24, 2.45) is 0 Å². The van der Waals surface area contributed by atoms with Crippen LogP contribution in [0.2, 0.25) is 0 Å². The Morgan fingerprint density at radius 1 is 1.17 bits per heavy atom. The van der Waals surface area contributed by atoms with Gasteiger partial charge in [-0.2, -0.15) is 0 Å². The molecule has 0 spiro atoms. The number of hydrogen-bond acceptors (Lipinski definition) is 4. The standard InChI is InChI=1S/C18H27N3O2/c22-17(14-21-11-5-9-18(21)23)13-20-10-4-8-16(12-20)19-15-6-2-1-3-7-15/h1-3,6-7,16-17,19,22H,4-5,8-14H2. The van der Waals surface area contributed by atoms with Crippen LogP contribution in [-0.2, 0) is 4.79 Å². The van der Waals surface area contributed by atoms with Crippen LogP contribution in [0.4, 0.5) is 5.69 Å². The third-order valence-corrected chi connectivity index (χ3v) is 4.72. The number of carbonyl (C=O) groups excluding carboxylic acids is 1. The summed E-state index contributed by atoms with van der Waals surface area (Å²) in [5.74, 6) is 0.186. The van der Waals surface area contributed by atoms with Crippen molar-refractivity contribution >= 4 is 11.6 Å². The van der Waals surface area contributed by atoms with Gasteiger partial charge in [-0.1, -0.05) is 18.2 Å². The summed E-state index contributed by atoms with van der Waals surface area (Å²) in [5, 5.41) is 13.9. The lowest BCUT2D eigenvalue weighted by Crippen LogP contribution is -2.47. The monoisotopic (exact) mass is 317 g/mol. The Morgan fingerprint density at radius 3 is 2.74 bits per heavy atom. The first kappa shape index (κ1) is 16.3. The quantitative estimate of drug-likeness (QED) is 0.836. The molecule has 2 heterocycles. The Hall–Kier alpha value is -1.59. The van der Waals surface area contributed by atoms with E-state index in [1.54, 1.807) is 4.90 Å². The van der Waals surface area contributed by atoms with Gasteiger partial charge in [0, 0.05) is 44.3 Å². The third-order valence-electron chi connectivity index (χ3n) is 4.72. The maximum atomic E-state index is 11.6. The van der Waals surface area contributed by atoms with E-state index >= 15 is 0 Å². The highest BCUT2D eigenvalue weighted by molar-refractivity contribution is 5.78. The van der Waals surface area contributed by atoms with Gasteiger partial charge >= 0.3 is 0 Å². The Bertz CT molecular complexity index is 508. The topological polar surface area (TPSA) is 55.8 Å². The molecule has 2 fully saturated rings. The van der Waals surface area contributed by atoms with Gasteiger partial charge in [0.25, 0.3) is 0 Å². The second-order valence-electron chi connectivity index (χ2n) is 6.71. The number of aliphatic hydroxyl groups is 1. The summed E-state index contributed by atoms with van der Waals surface area (Å²) >= 11 is 0. The van der Waals surface area contributed by atoms with Crippen LogP contribution in [0.25, 0.3) is 0 Å². The zero-order chi connectivity index (χ0) is 16.1. The number of hydrogen-bond donors (Lipinski definition) is 2. The van der Waals surface area contributed by atoms with E-state index in [-0.39, 0.29) is 5.91 Å². The second-order valence-corrected chi connectivity index (χ2v) is 6.71. The fourth-order valence-corrected chi connectivity index (χ4v) is 3.62. The van der Waals surface area contributed by atoms with Gasteiger partial charge in [0.2, 0.25) is 5.91 Å². The molecule has 1 aromatic carbocycles. The molecule has 2 aliphatic heterocycles. The van der Waals surface area contributed by atoms with E-state index < -0.39 is 6.10 Å². The van der Waals surface area contributed by atoms with Crippen molar-refractivity contribution in [1.82, 2.24) is 9.80 Å². The maximum Gasteiger partial charge on any atom is 0.222 e. The molecule has 0 aromatic heterocycles. The van der Waals surface area contributed by atoms with E-state index in [0.717, 1.165) is 44.6 Å². The molecule has 2 atom stereocenters.